The molecule has 0 fully saturated rings. The van der Waals surface area contributed by atoms with Crippen molar-refractivity contribution >= 4 is 39.3 Å². The van der Waals surface area contributed by atoms with E-state index in [9.17, 15) is 0 Å². The molecule has 0 aromatic rings. The van der Waals surface area contributed by atoms with E-state index in [1.54, 1.807) is 11.8 Å². The minimum Gasteiger partial charge on any atom is -0.412 e. The number of thioether (sulfide) groups is 1. The van der Waals surface area contributed by atoms with Crippen molar-refractivity contribution in [2.75, 3.05) is 18.8 Å². The quantitative estimate of drug-likeness (QED) is 0.506. The molecule has 0 unspecified atom stereocenters. The van der Waals surface area contributed by atoms with Crippen LogP contribution in [0.5, 0.6) is 0 Å². The Morgan fingerprint density at radius 3 is 1.92 bits per heavy atom. The molecule has 0 aliphatic rings. The fourth-order valence-corrected chi connectivity index (χ4v) is 2.00. The van der Waals surface area contributed by atoms with Crippen LogP contribution in [0.15, 0.2) is 0 Å². The predicted molar refractivity (Wildman–Crippen MR) is 68.6 cm³/mol. The molecular weight excluding hydrogens is 206 g/mol. The standard InChI is InChI=1S/C7H15NS2.H2O.H4Si/c1-4-8(5-2)7(9)10-6-3;;/h4-6H2,1-3H3;1H2;1H4. The summed E-state index contributed by atoms with van der Waals surface area (Å²) in [6.45, 7) is 8.45. The van der Waals surface area contributed by atoms with Crippen LogP contribution in [0.4, 0.5) is 0 Å². The van der Waals surface area contributed by atoms with Crippen molar-refractivity contribution in [3.05, 3.63) is 0 Å². The summed E-state index contributed by atoms with van der Waals surface area (Å²) in [4.78, 5) is 2.20. The van der Waals surface area contributed by atoms with E-state index in [2.05, 4.69) is 25.7 Å². The van der Waals surface area contributed by atoms with Crippen molar-refractivity contribution in [2.24, 2.45) is 0 Å². The van der Waals surface area contributed by atoms with Gasteiger partial charge in [-0.3, -0.25) is 0 Å². The molecule has 2 N–H and O–H groups in total. The Kier molecular flexibility index (Phi) is 17.4. The number of hydrogen-bond donors (Lipinski definition) is 0. The summed E-state index contributed by atoms with van der Waals surface area (Å²) in [5.41, 5.74) is 0. The van der Waals surface area contributed by atoms with Crippen LogP contribution in [0.2, 0.25) is 0 Å². The molecule has 0 saturated heterocycles. The maximum Gasteiger partial charge on any atom is 0.136 e. The molecule has 2 nitrogen and oxygen atoms in total. The second-order valence-corrected chi connectivity index (χ2v) is 3.77. The first-order valence-electron chi connectivity index (χ1n) is 3.67. The lowest BCUT2D eigenvalue weighted by atomic mass is 10.6. The normalized spacial score (nSPS) is 7.92. The van der Waals surface area contributed by atoms with E-state index in [-0.39, 0.29) is 16.4 Å². The van der Waals surface area contributed by atoms with E-state index in [4.69, 9.17) is 12.2 Å². The Hall–Kier alpha value is 0.417. The first kappa shape index (κ1) is 18.3. The molecule has 5 heteroatoms. The highest BCUT2D eigenvalue weighted by Crippen LogP contribution is 2.07. The van der Waals surface area contributed by atoms with Gasteiger partial charge in [0.2, 0.25) is 0 Å². The Morgan fingerprint density at radius 2 is 1.67 bits per heavy atom. The van der Waals surface area contributed by atoms with Gasteiger partial charge in [-0.2, -0.15) is 0 Å². The van der Waals surface area contributed by atoms with E-state index < -0.39 is 0 Å². The van der Waals surface area contributed by atoms with Gasteiger partial charge >= 0.3 is 0 Å². The number of hydrogen-bond acceptors (Lipinski definition) is 2. The molecule has 76 valence electrons. The molecule has 0 bridgehead atoms. The van der Waals surface area contributed by atoms with E-state index in [0.29, 0.717) is 0 Å². The summed E-state index contributed by atoms with van der Waals surface area (Å²) < 4.78 is 1.03. The van der Waals surface area contributed by atoms with Crippen molar-refractivity contribution in [1.82, 2.24) is 4.90 Å². The molecule has 0 spiro atoms. The van der Waals surface area contributed by atoms with Crippen LogP contribution in [0, 0.1) is 0 Å². The number of rotatable bonds is 3. The van der Waals surface area contributed by atoms with Crippen LogP contribution in [0.1, 0.15) is 20.8 Å². The summed E-state index contributed by atoms with van der Waals surface area (Å²) in [6.07, 6.45) is 0. The SMILES string of the molecule is CCSC(=S)N(CC)CC.O.[SiH4]. The Labute approximate surface area is 89.4 Å². The van der Waals surface area contributed by atoms with Crippen LogP contribution in [0.25, 0.3) is 0 Å². The van der Waals surface area contributed by atoms with Gasteiger partial charge in [0.25, 0.3) is 0 Å². The van der Waals surface area contributed by atoms with Crippen molar-refractivity contribution in [3.63, 3.8) is 0 Å². The lowest BCUT2D eigenvalue weighted by Crippen LogP contribution is -2.26. The molecule has 0 rings (SSSR count). The summed E-state index contributed by atoms with van der Waals surface area (Å²) in [5.74, 6) is 1.08. The zero-order valence-corrected chi connectivity index (χ0v) is 9.02. The van der Waals surface area contributed by atoms with Crippen molar-refractivity contribution in [2.45, 2.75) is 20.8 Å². The third-order valence-corrected chi connectivity index (χ3v) is 2.70. The van der Waals surface area contributed by atoms with E-state index >= 15 is 0 Å². The van der Waals surface area contributed by atoms with E-state index in [1.165, 1.54) is 0 Å². The Morgan fingerprint density at radius 1 is 1.25 bits per heavy atom. The summed E-state index contributed by atoms with van der Waals surface area (Å²) in [7, 11) is 0. The summed E-state index contributed by atoms with van der Waals surface area (Å²) in [6, 6.07) is 0. The van der Waals surface area contributed by atoms with E-state index in [1.807, 2.05) is 0 Å². The van der Waals surface area contributed by atoms with Crippen LogP contribution in [0.3, 0.4) is 0 Å². The zero-order valence-electron chi connectivity index (χ0n) is 7.39. The third kappa shape index (κ3) is 7.09. The second kappa shape index (κ2) is 11.4. The van der Waals surface area contributed by atoms with Crippen molar-refractivity contribution in [3.8, 4) is 0 Å². The molecule has 0 aliphatic carbocycles. The van der Waals surface area contributed by atoms with Gasteiger partial charge in [0.1, 0.15) is 4.32 Å². The Bertz CT molecular complexity index is 110. The molecule has 0 amide bonds. The average Bonchev–Trinajstić information content (AvgIpc) is 1.91. The predicted octanol–water partition coefficient (Wildman–Crippen LogP) is 0.0899. The number of nitrogens with zero attached hydrogens (tertiary/aromatic N) is 1. The monoisotopic (exact) mass is 227 g/mol. The van der Waals surface area contributed by atoms with Gasteiger partial charge in [-0.25, -0.2) is 0 Å². The molecule has 0 aliphatic heterocycles. The van der Waals surface area contributed by atoms with Crippen molar-refractivity contribution in [1.29, 1.82) is 0 Å². The molecule has 0 heterocycles. The molecule has 0 radical (unpaired) electrons. The number of thiocarbonyl (C=S) groups is 1. The van der Waals surface area contributed by atoms with Gasteiger partial charge in [0.15, 0.2) is 0 Å². The van der Waals surface area contributed by atoms with Gasteiger partial charge in [-0.1, -0.05) is 30.9 Å². The average molecular weight is 227 g/mol. The van der Waals surface area contributed by atoms with Gasteiger partial charge in [-0.15, -0.1) is 0 Å². The smallest absolute Gasteiger partial charge is 0.136 e. The maximum absolute atomic E-state index is 5.16. The molecule has 0 saturated carbocycles. The van der Waals surface area contributed by atoms with Gasteiger partial charge in [0, 0.05) is 13.1 Å². The highest BCUT2D eigenvalue weighted by molar-refractivity contribution is 8.22. The maximum atomic E-state index is 5.16. The zero-order chi connectivity index (χ0) is 7.98. The van der Waals surface area contributed by atoms with E-state index in [0.717, 1.165) is 23.2 Å². The van der Waals surface area contributed by atoms with Crippen molar-refractivity contribution < 1.29 is 5.48 Å². The molecule has 0 atom stereocenters. The van der Waals surface area contributed by atoms with Crippen LogP contribution < -0.4 is 0 Å². The topological polar surface area (TPSA) is 34.7 Å². The lowest BCUT2D eigenvalue weighted by molar-refractivity contribution is 0.482. The largest absolute Gasteiger partial charge is 0.412 e. The van der Waals surface area contributed by atoms with Crippen LogP contribution in [-0.2, 0) is 0 Å². The lowest BCUT2D eigenvalue weighted by Gasteiger charge is -2.20. The minimum absolute atomic E-state index is 0. The molecule has 12 heavy (non-hydrogen) atoms. The summed E-state index contributed by atoms with van der Waals surface area (Å²) in [5, 5.41) is 0. The third-order valence-electron chi connectivity index (χ3n) is 1.29. The molecule has 0 aromatic carbocycles. The first-order valence-corrected chi connectivity index (χ1v) is 5.07. The van der Waals surface area contributed by atoms with Crippen LogP contribution >= 0.6 is 24.0 Å². The van der Waals surface area contributed by atoms with Gasteiger partial charge in [0.05, 0.1) is 0 Å². The fraction of sp³-hybridized carbons (Fsp3) is 0.857. The van der Waals surface area contributed by atoms with Gasteiger partial charge in [-0.05, 0) is 30.6 Å². The fourth-order valence-electron chi connectivity index (χ4n) is 0.697. The highest BCUT2D eigenvalue weighted by Gasteiger charge is 2.02. The Balaban J connectivity index is -0.000000405. The summed E-state index contributed by atoms with van der Waals surface area (Å²) >= 11 is 6.91. The minimum atomic E-state index is 0. The second-order valence-electron chi connectivity index (χ2n) is 1.87. The molecule has 0 aromatic heterocycles. The van der Waals surface area contributed by atoms with Crippen LogP contribution in [-0.4, -0.2) is 44.5 Å². The first-order chi connectivity index (χ1) is 4.76. The highest BCUT2D eigenvalue weighted by atomic mass is 32.2. The molecular formula is C7H21NOS2Si. The van der Waals surface area contributed by atoms with Gasteiger partial charge < -0.3 is 10.4 Å².